The summed E-state index contributed by atoms with van der Waals surface area (Å²) in [6.07, 6.45) is 1.56. The smallest absolute Gasteiger partial charge is 0.131 e. The number of hydrogen-bond donors (Lipinski definition) is 3. The monoisotopic (exact) mass is 252 g/mol. The molecule has 0 radical (unpaired) electrons. The molecule has 0 aliphatic carbocycles. The minimum atomic E-state index is 0.435. The SMILES string of the molecule is CC(CN)CNc1cc(NCCN(C)C)ncn1. The summed E-state index contributed by atoms with van der Waals surface area (Å²) in [7, 11) is 4.09. The minimum Gasteiger partial charge on any atom is -0.370 e. The molecule has 1 rings (SSSR count). The summed E-state index contributed by atoms with van der Waals surface area (Å²) in [5.41, 5.74) is 5.57. The predicted molar refractivity (Wildman–Crippen MR) is 75.8 cm³/mol. The van der Waals surface area contributed by atoms with Crippen molar-refractivity contribution in [2.75, 3.05) is 50.9 Å². The molecule has 0 bridgehead atoms. The van der Waals surface area contributed by atoms with Gasteiger partial charge in [-0.3, -0.25) is 0 Å². The largest absolute Gasteiger partial charge is 0.370 e. The Labute approximate surface area is 109 Å². The van der Waals surface area contributed by atoms with Crippen LogP contribution >= 0.6 is 0 Å². The normalized spacial score (nSPS) is 12.5. The standard InChI is InChI=1S/C12H24N6/c1-10(7-13)8-15-12-6-11(16-9-17-12)14-4-5-18(2)3/h6,9-10H,4-5,7-8,13H2,1-3H3,(H2,14,15,16,17). The van der Waals surface area contributed by atoms with E-state index in [2.05, 4.69) is 32.4 Å². The third kappa shape index (κ3) is 5.79. The van der Waals surface area contributed by atoms with E-state index in [0.29, 0.717) is 12.5 Å². The zero-order valence-corrected chi connectivity index (χ0v) is 11.5. The maximum absolute atomic E-state index is 5.57. The van der Waals surface area contributed by atoms with Crippen LogP contribution in [0.5, 0.6) is 0 Å². The zero-order valence-electron chi connectivity index (χ0n) is 11.5. The molecule has 4 N–H and O–H groups in total. The van der Waals surface area contributed by atoms with E-state index in [1.807, 2.05) is 20.2 Å². The number of nitrogens with one attached hydrogen (secondary N) is 2. The maximum Gasteiger partial charge on any atom is 0.131 e. The molecule has 1 unspecified atom stereocenters. The van der Waals surface area contributed by atoms with Crippen LogP contribution in [0.1, 0.15) is 6.92 Å². The van der Waals surface area contributed by atoms with E-state index in [1.165, 1.54) is 0 Å². The fraction of sp³-hybridized carbons (Fsp3) is 0.667. The lowest BCUT2D eigenvalue weighted by molar-refractivity contribution is 0.425. The highest BCUT2D eigenvalue weighted by Gasteiger charge is 2.01. The molecule has 0 amide bonds. The molecule has 0 spiro atoms. The van der Waals surface area contributed by atoms with Crippen LogP contribution in [0.4, 0.5) is 11.6 Å². The third-order valence-corrected chi connectivity index (χ3v) is 2.57. The van der Waals surface area contributed by atoms with E-state index in [-0.39, 0.29) is 0 Å². The highest BCUT2D eigenvalue weighted by molar-refractivity contribution is 5.46. The highest BCUT2D eigenvalue weighted by atomic mass is 15.1. The molecule has 0 saturated heterocycles. The number of likely N-dealkylation sites (N-methyl/N-ethyl adjacent to an activating group) is 1. The fourth-order valence-corrected chi connectivity index (χ4v) is 1.32. The lowest BCUT2D eigenvalue weighted by atomic mass is 10.2. The van der Waals surface area contributed by atoms with Gasteiger partial charge >= 0.3 is 0 Å². The third-order valence-electron chi connectivity index (χ3n) is 2.57. The summed E-state index contributed by atoms with van der Waals surface area (Å²) in [5.74, 6) is 2.11. The Hall–Kier alpha value is -1.40. The molecule has 0 fully saturated rings. The Morgan fingerprint density at radius 1 is 1.28 bits per heavy atom. The van der Waals surface area contributed by atoms with Crippen molar-refractivity contribution in [3.05, 3.63) is 12.4 Å². The molecule has 1 aromatic heterocycles. The molecule has 1 heterocycles. The van der Waals surface area contributed by atoms with Gasteiger partial charge in [0.25, 0.3) is 0 Å². The molecule has 0 saturated carbocycles. The van der Waals surface area contributed by atoms with Crippen LogP contribution in [0.15, 0.2) is 12.4 Å². The van der Waals surface area contributed by atoms with Gasteiger partial charge < -0.3 is 21.3 Å². The Kier molecular flexibility index (Phi) is 6.38. The van der Waals surface area contributed by atoms with Crippen molar-refractivity contribution in [1.82, 2.24) is 14.9 Å². The van der Waals surface area contributed by atoms with Crippen molar-refractivity contribution in [2.45, 2.75) is 6.92 Å². The first-order chi connectivity index (χ1) is 8.61. The van der Waals surface area contributed by atoms with E-state index in [9.17, 15) is 0 Å². The first kappa shape index (κ1) is 14.7. The number of anilines is 2. The van der Waals surface area contributed by atoms with Gasteiger partial charge in [-0.05, 0) is 26.6 Å². The minimum absolute atomic E-state index is 0.435. The van der Waals surface area contributed by atoms with Gasteiger partial charge in [0, 0.05) is 25.7 Å². The first-order valence-electron chi connectivity index (χ1n) is 6.26. The highest BCUT2D eigenvalue weighted by Crippen LogP contribution is 2.08. The predicted octanol–water partition coefficient (Wildman–Crippen LogP) is 0.457. The van der Waals surface area contributed by atoms with Crippen LogP contribution in [0.25, 0.3) is 0 Å². The van der Waals surface area contributed by atoms with Crippen LogP contribution in [-0.2, 0) is 0 Å². The van der Waals surface area contributed by atoms with Gasteiger partial charge in [-0.2, -0.15) is 0 Å². The summed E-state index contributed by atoms with van der Waals surface area (Å²) in [6, 6.07) is 1.92. The van der Waals surface area contributed by atoms with E-state index >= 15 is 0 Å². The molecule has 0 aliphatic rings. The van der Waals surface area contributed by atoms with Gasteiger partial charge in [0.05, 0.1) is 0 Å². The number of hydrogen-bond acceptors (Lipinski definition) is 6. The second kappa shape index (κ2) is 7.84. The van der Waals surface area contributed by atoms with Crippen LogP contribution in [0.2, 0.25) is 0 Å². The second-order valence-corrected chi connectivity index (χ2v) is 4.74. The van der Waals surface area contributed by atoms with E-state index in [1.54, 1.807) is 6.33 Å². The number of nitrogens with zero attached hydrogens (tertiary/aromatic N) is 3. The lowest BCUT2D eigenvalue weighted by Gasteiger charge is -2.13. The number of rotatable bonds is 8. The van der Waals surface area contributed by atoms with Gasteiger partial charge in [-0.15, -0.1) is 0 Å². The molecule has 0 aromatic carbocycles. The summed E-state index contributed by atoms with van der Waals surface area (Å²) in [5, 5.41) is 6.51. The topological polar surface area (TPSA) is 79.1 Å². The summed E-state index contributed by atoms with van der Waals surface area (Å²) >= 11 is 0. The molecular formula is C12H24N6. The molecule has 6 nitrogen and oxygen atoms in total. The van der Waals surface area contributed by atoms with Crippen molar-refractivity contribution in [2.24, 2.45) is 11.7 Å². The van der Waals surface area contributed by atoms with Crippen LogP contribution in [0, 0.1) is 5.92 Å². The van der Waals surface area contributed by atoms with Gasteiger partial charge in [0.1, 0.15) is 18.0 Å². The van der Waals surface area contributed by atoms with E-state index in [4.69, 9.17) is 5.73 Å². The molecule has 18 heavy (non-hydrogen) atoms. The van der Waals surface area contributed by atoms with Crippen molar-refractivity contribution in [3.8, 4) is 0 Å². The summed E-state index contributed by atoms with van der Waals surface area (Å²) < 4.78 is 0. The molecule has 102 valence electrons. The van der Waals surface area contributed by atoms with Gasteiger partial charge in [0.2, 0.25) is 0 Å². The zero-order chi connectivity index (χ0) is 13.4. The number of nitrogens with two attached hydrogens (primary N) is 1. The van der Waals surface area contributed by atoms with Gasteiger partial charge in [-0.1, -0.05) is 6.92 Å². The molecular weight excluding hydrogens is 228 g/mol. The van der Waals surface area contributed by atoms with Gasteiger partial charge in [-0.25, -0.2) is 9.97 Å². The van der Waals surface area contributed by atoms with Crippen LogP contribution in [-0.4, -0.2) is 55.1 Å². The molecule has 1 atom stereocenters. The van der Waals surface area contributed by atoms with Crippen molar-refractivity contribution in [1.29, 1.82) is 0 Å². The van der Waals surface area contributed by atoms with Crippen LogP contribution < -0.4 is 16.4 Å². The summed E-state index contributed by atoms with van der Waals surface area (Å²) in [4.78, 5) is 10.5. The molecule has 0 aliphatic heterocycles. The maximum atomic E-state index is 5.57. The Morgan fingerprint density at radius 2 is 1.94 bits per heavy atom. The van der Waals surface area contributed by atoms with Crippen molar-refractivity contribution < 1.29 is 0 Å². The Balaban J connectivity index is 2.41. The van der Waals surface area contributed by atoms with Crippen molar-refractivity contribution in [3.63, 3.8) is 0 Å². The lowest BCUT2D eigenvalue weighted by Crippen LogP contribution is -2.22. The van der Waals surface area contributed by atoms with Gasteiger partial charge in [0.15, 0.2) is 0 Å². The second-order valence-electron chi connectivity index (χ2n) is 4.74. The molecule has 6 heteroatoms. The average molecular weight is 252 g/mol. The number of aromatic nitrogens is 2. The van der Waals surface area contributed by atoms with E-state index < -0.39 is 0 Å². The fourth-order valence-electron chi connectivity index (χ4n) is 1.32. The Morgan fingerprint density at radius 3 is 2.56 bits per heavy atom. The quantitative estimate of drug-likeness (QED) is 0.624. The Bertz CT molecular complexity index is 341. The van der Waals surface area contributed by atoms with Crippen molar-refractivity contribution >= 4 is 11.6 Å². The molecule has 1 aromatic rings. The average Bonchev–Trinajstić information content (AvgIpc) is 2.36. The first-order valence-corrected chi connectivity index (χ1v) is 6.26. The van der Waals surface area contributed by atoms with E-state index in [0.717, 1.165) is 31.3 Å². The van der Waals surface area contributed by atoms with Crippen LogP contribution in [0.3, 0.4) is 0 Å². The summed E-state index contributed by atoms with van der Waals surface area (Å²) in [6.45, 7) is 5.43.